The van der Waals surface area contributed by atoms with Gasteiger partial charge in [0.05, 0.1) is 23.5 Å². The molecule has 1 fully saturated rings. The monoisotopic (exact) mass is 317 g/mol. The number of azide groups is 1. The molecule has 122 valence electrons. The lowest BCUT2D eigenvalue weighted by molar-refractivity contribution is -0.117. The number of amides is 1. The summed E-state index contributed by atoms with van der Waals surface area (Å²) in [7, 11) is 1.75. The number of anilines is 2. The Kier molecular flexibility index (Phi) is 5.43. The third kappa shape index (κ3) is 3.73. The molecule has 8 heteroatoms. The van der Waals surface area contributed by atoms with Crippen LogP contribution in [0, 0.1) is 5.92 Å². The van der Waals surface area contributed by atoms with Gasteiger partial charge >= 0.3 is 5.97 Å². The number of rotatable bonds is 6. The van der Waals surface area contributed by atoms with E-state index >= 15 is 0 Å². The van der Waals surface area contributed by atoms with Gasteiger partial charge in [-0.1, -0.05) is 5.11 Å². The zero-order valence-electron chi connectivity index (χ0n) is 13.2. The average Bonchev–Trinajstić information content (AvgIpc) is 2.93. The fourth-order valence-electron chi connectivity index (χ4n) is 2.60. The summed E-state index contributed by atoms with van der Waals surface area (Å²) in [5, 5.41) is 6.56. The third-order valence-electron chi connectivity index (χ3n) is 3.68. The topological polar surface area (TPSA) is 107 Å². The second-order valence-electron chi connectivity index (χ2n) is 5.19. The van der Waals surface area contributed by atoms with Crippen molar-refractivity contribution in [3.63, 3.8) is 0 Å². The first-order valence-corrected chi connectivity index (χ1v) is 7.40. The van der Waals surface area contributed by atoms with Gasteiger partial charge in [-0.3, -0.25) is 4.79 Å². The van der Waals surface area contributed by atoms with Crippen LogP contribution < -0.4 is 10.2 Å². The minimum atomic E-state index is -0.423. The second kappa shape index (κ2) is 7.51. The Bertz CT molecular complexity index is 655. The summed E-state index contributed by atoms with van der Waals surface area (Å²) in [6, 6.07) is 5.05. The minimum Gasteiger partial charge on any atom is -0.462 e. The van der Waals surface area contributed by atoms with E-state index < -0.39 is 5.97 Å². The predicted octanol–water partition coefficient (Wildman–Crippen LogP) is 2.57. The van der Waals surface area contributed by atoms with E-state index in [1.54, 1.807) is 37.1 Å². The van der Waals surface area contributed by atoms with Crippen molar-refractivity contribution in [3.05, 3.63) is 34.2 Å². The molecule has 1 aliphatic heterocycles. The van der Waals surface area contributed by atoms with Gasteiger partial charge in [-0.05, 0) is 36.6 Å². The Labute approximate surface area is 134 Å². The van der Waals surface area contributed by atoms with Gasteiger partial charge in [-0.25, -0.2) is 4.79 Å². The van der Waals surface area contributed by atoms with E-state index in [1.165, 1.54) is 0 Å². The first kappa shape index (κ1) is 16.6. The average molecular weight is 317 g/mol. The van der Waals surface area contributed by atoms with Gasteiger partial charge in [0.15, 0.2) is 0 Å². The number of benzene rings is 1. The molecule has 2 rings (SSSR count). The van der Waals surface area contributed by atoms with E-state index in [9.17, 15) is 9.59 Å². The lowest BCUT2D eigenvalue weighted by atomic mass is 10.1. The first-order chi connectivity index (χ1) is 11.1. The molecule has 0 radical (unpaired) electrons. The summed E-state index contributed by atoms with van der Waals surface area (Å²) in [4.78, 5) is 28.5. The second-order valence-corrected chi connectivity index (χ2v) is 5.19. The highest BCUT2D eigenvalue weighted by Gasteiger charge is 2.31. The van der Waals surface area contributed by atoms with Gasteiger partial charge in [0.25, 0.3) is 0 Å². The molecule has 1 atom stereocenters. The van der Waals surface area contributed by atoms with Crippen molar-refractivity contribution in [2.75, 3.05) is 37.0 Å². The van der Waals surface area contributed by atoms with Gasteiger partial charge in [-0.15, -0.1) is 0 Å². The third-order valence-corrected chi connectivity index (χ3v) is 3.68. The van der Waals surface area contributed by atoms with Crippen molar-refractivity contribution in [1.82, 2.24) is 0 Å². The Morgan fingerprint density at radius 2 is 2.35 bits per heavy atom. The quantitative estimate of drug-likeness (QED) is 0.376. The van der Waals surface area contributed by atoms with Crippen molar-refractivity contribution < 1.29 is 14.3 Å². The van der Waals surface area contributed by atoms with Gasteiger partial charge in [0.2, 0.25) is 5.91 Å². The smallest absolute Gasteiger partial charge is 0.338 e. The standard InChI is InChI=1S/C15H19N5O3/c1-3-23-15(22)11-4-5-12(17-2)13(7-11)20-9-10(6-14(20)21)8-18-19-16/h4-5,7,10,17H,3,6,8-9H2,1-2H3. The maximum Gasteiger partial charge on any atom is 0.338 e. The van der Waals surface area contributed by atoms with Gasteiger partial charge in [0.1, 0.15) is 0 Å². The van der Waals surface area contributed by atoms with Crippen LogP contribution in [0.25, 0.3) is 10.4 Å². The van der Waals surface area contributed by atoms with Crippen LogP contribution in [0.5, 0.6) is 0 Å². The molecule has 0 saturated carbocycles. The van der Waals surface area contributed by atoms with Crippen LogP contribution >= 0.6 is 0 Å². The van der Waals surface area contributed by atoms with Gasteiger partial charge in [-0.2, -0.15) is 0 Å². The maximum absolute atomic E-state index is 12.3. The van der Waals surface area contributed by atoms with Crippen molar-refractivity contribution in [1.29, 1.82) is 0 Å². The fraction of sp³-hybridized carbons (Fsp3) is 0.467. The number of esters is 1. The molecule has 1 N–H and O–H groups in total. The Morgan fingerprint density at radius 1 is 1.57 bits per heavy atom. The van der Waals surface area contributed by atoms with E-state index in [-0.39, 0.29) is 18.4 Å². The van der Waals surface area contributed by atoms with Crippen molar-refractivity contribution in [2.45, 2.75) is 13.3 Å². The summed E-state index contributed by atoms with van der Waals surface area (Å²) >= 11 is 0. The molecule has 0 aromatic heterocycles. The summed E-state index contributed by atoms with van der Waals surface area (Å²) < 4.78 is 5.00. The molecule has 1 saturated heterocycles. The van der Waals surface area contributed by atoms with Gasteiger partial charge in [0, 0.05) is 31.5 Å². The summed E-state index contributed by atoms with van der Waals surface area (Å²) in [6.07, 6.45) is 0.325. The Balaban J connectivity index is 2.29. The molecule has 0 spiro atoms. The van der Waals surface area contributed by atoms with E-state index in [1.807, 2.05) is 0 Å². The highest BCUT2D eigenvalue weighted by molar-refractivity contribution is 6.01. The number of ether oxygens (including phenoxy) is 1. The van der Waals surface area contributed by atoms with Gasteiger partial charge < -0.3 is 15.0 Å². The van der Waals surface area contributed by atoms with E-state index in [0.29, 0.717) is 30.8 Å². The van der Waals surface area contributed by atoms with Crippen LogP contribution in [0.4, 0.5) is 11.4 Å². The van der Waals surface area contributed by atoms with Crippen molar-refractivity contribution >= 4 is 23.3 Å². The van der Waals surface area contributed by atoms with Crippen molar-refractivity contribution in [2.24, 2.45) is 11.0 Å². The number of carbonyl (C=O) groups is 2. The van der Waals surface area contributed by atoms with Crippen molar-refractivity contribution in [3.8, 4) is 0 Å². The molecule has 1 aliphatic rings. The largest absolute Gasteiger partial charge is 0.462 e. The molecule has 1 aromatic rings. The number of hydrogen-bond donors (Lipinski definition) is 1. The van der Waals surface area contributed by atoms with Crippen LogP contribution in [0.15, 0.2) is 23.3 Å². The summed E-state index contributed by atoms with van der Waals surface area (Å²) in [5.74, 6) is -0.497. The molecule has 0 aliphatic carbocycles. The molecule has 8 nitrogen and oxygen atoms in total. The number of nitrogens with one attached hydrogen (secondary N) is 1. The predicted molar refractivity (Wildman–Crippen MR) is 86.4 cm³/mol. The van der Waals surface area contributed by atoms with Crippen LogP contribution in [-0.4, -0.2) is 38.6 Å². The van der Waals surface area contributed by atoms with E-state index in [4.69, 9.17) is 10.3 Å². The zero-order chi connectivity index (χ0) is 16.8. The zero-order valence-corrected chi connectivity index (χ0v) is 13.2. The molecule has 1 unspecified atom stereocenters. The highest BCUT2D eigenvalue weighted by Crippen LogP contribution is 2.32. The minimum absolute atomic E-state index is 0.0191. The van der Waals surface area contributed by atoms with Crippen LogP contribution in [0.2, 0.25) is 0 Å². The van der Waals surface area contributed by atoms with Crippen LogP contribution in [0.3, 0.4) is 0 Å². The number of hydrogen-bond acceptors (Lipinski definition) is 5. The lowest BCUT2D eigenvalue weighted by Gasteiger charge is -2.21. The number of carbonyl (C=O) groups excluding carboxylic acids is 2. The maximum atomic E-state index is 12.3. The molecule has 1 amide bonds. The normalized spacial score (nSPS) is 16.9. The molecule has 1 aromatic carbocycles. The summed E-state index contributed by atoms with van der Waals surface area (Å²) in [6.45, 7) is 2.77. The molecule has 23 heavy (non-hydrogen) atoms. The first-order valence-electron chi connectivity index (χ1n) is 7.40. The van der Waals surface area contributed by atoms with E-state index in [0.717, 1.165) is 5.69 Å². The number of nitrogens with zero attached hydrogens (tertiary/aromatic N) is 4. The fourth-order valence-corrected chi connectivity index (χ4v) is 2.60. The van der Waals surface area contributed by atoms with Crippen LogP contribution in [0.1, 0.15) is 23.7 Å². The molecule has 0 bridgehead atoms. The van der Waals surface area contributed by atoms with E-state index in [2.05, 4.69) is 15.3 Å². The molecule has 1 heterocycles. The van der Waals surface area contributed by atoms with Crippen LogP contribution in [-0.2, 0) is 9.53 Å². The summed E-state index contributed by atoms with van der Waals surface area (Å²) in [5.41, 5.74) is 10.2. The molecular formula is C15H19N5O3. The Hall–Kier alpha value is -2.73. The molecular weight excluding hydrogens is 298 g/mol. The lowest BCUT2D eigenvalue weighted by Crippen LogP contribution is -2.26. The SMILES string of the molecule is CCOC(=O)c1ccc(NC)c(N2CC(CN=[N+]=[N-])CC2=O)c1. The Morgan fingerprint density at radius 3 is 3.00 bits per heavy atom. The highest BCUT2D eigenvalue weighted by atomic mass is 16.5.